The van der Waals surface area contributed by atoms with E-state index < -0.39 is 29.2 Å². The molecule has 12 heteroatoms. The highest BCUT2D eigenvalue weighted by atomic mass is 19.1. The number of hydrogen-bond acceptors (Lipinski definition) is 7. The molecule has 3 fully saturated rings. The van der Waals surface area contributed by atoms with Crippen molar-refractivity contribution in [1.29, 1.82) is 0 Å². The number of aromatic nitrogens is 1. The van der Waals surface area contributed by atoms with Gasteiger partial charge in [-0.05, 0) is 61.9 Å². The lowest BCUT2D eigenvalue weighted by atomic mass is 9.83. The summed E-state index contributed by atoms with van der Waals surface area (Å²) in [5.41, 5.74) is 0.545. The van der Waals surface area contributed by atoms with Crippen LogP contribution in [0.2, 0.25) is 0 Å². The van der Waals surface area contributed by atoms with Crippen LogP contribution in [0.4, 0.5) is 10.1 Å². The van der Waals surface area contributed by atoms with Crippen LogP contribution in [0.15, 0.2) is 36.5 Å². The summed E-state index contributed by atoms with van der Waals surface area (Å²) in [4.78, 5) is 61.2. The average molecular weight is 651 g/mol. The maximum Gasteiger partial charge on any atom is 0.247 e. The number of amides is 4. The van der Waals surface area contributed by atoms with Gasteiger partial charge in [0.05, 0.1) is 18.2 Å². The summed E-state index contributed by atoms with van der Waals surface area (Å²) in [6.45, 7) is 4.32. The van der Waals surface area contributed by atoms with Crippen LogP contribution < -0.4 is 20.7 Å². The molecule has 47 heavy (non-hydrogen) atoms. The fraction of sp³-hybridized carbons (Fsp3) is 0.571. The summed E-state index contributed by atoms with van der Waals surface area (Å²) in [6, 6.07) is 6.34. The number of carbonyl (C=O) groups excluding carboxylic acids is 4. The van der Waals surface area contributed by atoms with Gasteiger partial charge in [0.2, 0.25) is 29.5 Å². The van der Waals surface area contributed by atoms with E-state index in [9.17, 15) is 19.2 Å². The highest BCUT2D eigenvalue weighted by Gasteiger charge is 2.52. The van der Waals surface area contributed by atoms with Gasteiger partial charge >= 0.3 is 0 Å². The molecule has 4 amide bonds. The van der Waals surface area contributed by atoms with Crippen molar-refractivity contribution in [2.24, 2.45) is 5.92 Å². The first-order valence-electron chi connectivity index (χ1n) is 16.8. The Hall–Kier alpha value is -4.06. The maximum atomic E-state index is 15.5. The molecule has 254 valence electrons. The van der Waals surface area contributed by atoms with Gasteiger partial charge in [0.1, 0.15) is 17.9 Å². The molecule has 2 heterocycles. The smallest absolute Gasteiger partial charge is 0.247 e. The molecular formula is C35H47FN6O5. The van der Waals surface area contributed by atoms with Gasteiger partial charge in [-0.1, -0.05) is 38.3 Å². The molecule has 1 saturated heterocycles. The van der Waals surface area contributed by atoms with E-state index in [4.69, 9.17) is 4.74 Å². The molecule has 3 aliphatic rings. The van der Waals surface area contributed by atoms with Crippen LogP contribution in [-0.4, -0.2) is 90.8 Å². The molecule has 2 aliphatic carbocycles. The zero-order valence-electron chi connectivity index (χ0n) is 27.6. The molecule has 2 atom stereocenters. The fourth-order valence-corrected chi connectivity index (χ4v) is 6.68. The Morgan fingerprint density at radius 2 is 1.74 bits per heavy atom. The minimum absolute atomic E-state index is 0.00571. The normalized spacial score (nSPS) is 19.3. The summed E-state index contributed by atoms with van der Waals surface area (Å²) in [5, 5.41) is 8.59. The third kappa shape index (κ3) is 8.27. The Labute approximate surface area is 276 Å². The summed E-state index contributed by atoms with van der Waals surface area (Å²) in [5.74, 6) is -1.39. The summed E-state index contributed by atoms with van der Waals surface area (Å²) < 4.78 is 20.7. The van der Waals surface area contributed by atoms with Crippen LogP contribution in [0.25, 0.3) is 0 Å². The number of rotatable bonds is 12. The number of anilines is 1. The van der Waals surface area contributed by atoms with Crippen molar-refractivity contribution in [3.8, 4) is 5.88 Å². The molecule has 2 aromatic rings. The minimum Gasteiger partial charge on any atom is -0.481 e. The molecular weight excluding hydrogens is 603 g/mol. The van der Waals surface area contributed by atoms with E-state index >= 15 is 4.39 Å². The van der Waals surface area contributed by atoms with Crippen molar-refractivity contribution in [3.63, 3.8) is 0 Å². The maximum absolute atomic E-state index is 15.5. The predicted octanol–water partition coefficient (Wildman–Crippen LogP) is 3.18. The molecule has 0 bridgehead atoms. The number of nitrogens with one attached hydrogen (secondary N) is 3. The van der Waals surface area contributed by atoms with Gasteiger partial charge in [-0.25, -0.2) is 9.37 Å². The standard InChI is InChI=1S/C35H47FN6O5/c1-4-29(43)38-28(33(45)42-18-16-41(2)17-19-42)21-23-10-12-27(26(36)20-23)39-32(44)31(24-8-6-5-7-9-24)40-34(46)35(14-15-35)25-11-13-30(47-3)37-22-25/h10-13,20,22,24,28,31H,4-9,14-19,21H2,1-3H3,(H,38,43)(H,39,44)(H,40,46)/t28-,31+/m1/s1. The lowest BCUT2D eigenvalue weighted by molar-refractivity contribution is -0.137. The van der Waals surface area contributed by atoms with Crippen molar-refractivity contribution >= 4 is 29.3 Å². The third-order valence-corrected chi connectivity index (χ3v) is 9.87. The second-order valence-electron chi connectivity index (χ2n) is 13.1. The van der Waals surface area contributed by atoms with E-state index in [1.54, 1.807) is 30.2 Å². The second kappa shape index (κ2) is 15.2. The lowest BCUT2D eigenvalue weighted by Gasteiger charge is -2.34. The number of nitrogens with zero attached hydrogens (tertiary/aromatic N) is 3. The summed E-state index contributed by atoms with van der Waals surface area (Å²) in [6.07, 6.45) is 7.88. The largest absolute Gasteiger partial charge is 0.481 e. The van der Waals surface area contributed by atoms with Crippen LogP contribution in [0.3, 0.4) is 0 Å². The monoisotopic (exact) mass is 650 g/mol. The highest BCUT2D eigenvalue weighted by molar-refractivity contribution is 6.00. The number of halogens is 1. The van der Waals surface area contributed by atoms with Gasteiger partial charge in [-0.3, -0.25) is 19.2 Å². The van der Waals surface area contributed by atoms with Crippen molar-refractivity contribution in [1.82, 2.24) is 25.4 Å². The molecule has 1 aromatic carbocycles. The van der Waals surface area contributed by atoms with E-state index in [1.807, 2.05) is 13.1 Å². The Balaban J connectivity index is 1.28. The van der Waals surface area contributed by atoms with E-state index in [0.29, 0.717) is 37.4 Å². The molecule has 1 aromatic heterocycles. The van der Waals surface area contributed by atoms with Crippen molar-refractivity contribution in [2.45, 2.75) is 82.2 Å². The van der Waals surface area contributed by atoms with E-state index in [-0.39, 0.29) is 42.2 Å². The number of hydrogen-bond donors (Lipinski definition) is 3. The first-order chi connectivity index (χ1) is 22.6. The molecule has 0 spiro atoms. The van der Waals surface area contributed by atoms with Gasteiger partial charge in [-0.2, -0.15) is 0 Å². The van der Waals surface area contributed by atoms with Crippen molar-refractivity contribution < 1.29 is 28.3 Å². The molecule has 11 nitrogen and oxygen atoms in total. The molecule has 0 unspecified atom stereocenters. The average Bonchev–Trinajstić information content (AvgIpc) is 3.90. The molecule has 2 saturated carbocycles. The number of carbonyl (C=O) groups is 4. The van der Waals surface area contributed by atoms with E-state index in [0.717, 1.165) is 50.8 Å². The topological polar surface area (TPSA) is 133 Å². The van der Waals surface area contributed by atoms with Gasteiger partial charge in [0.15, 0.2) is 0 Å². The Morgan fingerprint density at radius 1 is 1.02 bits per heavy atom. The first-order valence-corrected chi connectivity index (χ1v) is 16.8. The minimum atomic E-state index is -0.827. The zero-order valence-corrected chi connectivity index (χ0v) is 27.6. The number of likely N-dealkylation sites (N-methyl/N-ethyl adjacent to an activating group) is 1. The number of methoxy groups -OCH3 is 1. The van der Waals surface area contributed by atoms with Gasteiger partial charge < -0.3 is 30.5 Å². The van der Waals surface area contributed by atoms with E-state index in [2.05, 4.69) is 25.8 Å². The van der Waals surface area contributed by atoms with Crippen LogP contribution in [0.5, 0.6) is 5.88 Å². The molecule has 0 radical (unpaired) electrons. The number of pyridine rings is 1. The zero-order chi connectivity index (χ0) is 33.6. The highest BCUT2D eigenvalue weighted by Crippen LogP contribution is 2.48. The fourth-order valence-electron chi connectivity index (χ4n) is 6.68. The third-order valence-electron chi connectivity index (χ3n) is 9.87. The number of benzene rings is 1. The van der Waals surface area contributed by atoms with Crippen molar-refractivity contribution in [3.05, 3.63) is 53.5 Å². The van der Waals surface area contributed by atoms with Crippen LogP contribution in [0, 0.1) is 11.7 Å². The number of piperazine rings is 1. The van der Waals surface area contributed by atoms with Gasteiger partial charge in [0, 0.05) is 51.3 Å². The molecule has 3 N–H and O–H groups in total. The second-order valence-corrected chi connectivity index (χ2v) is 13.1. The molecule has 1 aliphatic heterocycles. The SMILES string of the molecule is CCC(=O)N[C@H](Cc1ccc(NC(=O)[C@@H](NC(=O)C2(c3ccc(OC)nc3)CC2)C2CCCCC2)c(F)c1)C(=O)N1CCN(C)CC1. The quantitative estimate of drug-likeness (QED) is 0.322. The van der Waals surface area contributed by atoms with Crippen molar-refractivity contribution in [2.75, 3.05) is 45.7 Å². The Kier molecular flexibility index (Phi) is 11.1. The van der Waals surface area contributed by atoms with Gasteiger partial charge in [-0.15, -0.1) is 0 Å². The van der Waals surface area contributed by atoms with E-state index in [1.165, 1.54) is 19.2 Å². The predicted molar refractivity (Wildman–Crippen MR) is 175 cm³/mol. The number of ether oxygens (including phenoxy) is 1. The summed E-state index contributed by atoms with van der Waals surface area (Å²) >= 11 is 0. The Morgan fingerprint density at radius 3 is 2.34 bits per heavy atom. The Bertz CT molecular complexity index is 1430. The lowest BCUT2D eigenvalue weighted by Crippen LogP contribution is -2.54. The van der Waals surface area contributed by atoms with Gasteiger partial charge in [0.25, 0.3) is 0 Å². The molecule has 5 rings (SSSR count). The first kappa shape index (κ1) is 34.3. The van der Waals surface area contributed by atoms with Crippen LogP contribution in [-0.2, 0) is 31.0 Å². The van der Waals surface area contributed by atoms with Crippen LogP contribution >= 0.6 is 0 Å². The summed E-state index contributed by atoms with van der Waals surface area (Å²) in [7, 11) is 3.53. The van der Waals surface area contributed by atoms with Crippen LogP contribution in [0.1, 0.15) is 69.4 Å².